The molecular weight excluding hydrogens is 254 g/mol. The summed E-state index contributed by atoms with van der Waals surface area (Å²) >= 11 is 1.55. The summed E-state index contributed by atoms with van der Waals surface area (Å²) in [6.07, 6.45) is 0. The number of para-hydroxylation sites is 1. The fraction of sp³-hybridized carbons (Fsp3) is 0. The molecule has 0 amide bonds. The average molecular weight is 261 g/mol. The first-order valence-corrected chi connectivity index (χ1v) is 6.85. The molecule has 0 atom stereocenters. The highest BCUT2D eigenvalue weighted by molar-refractivity contribution is 7.63. The summed E-state index contributed by atoms with van der Waals surface area (Å²) in [5.41, 5.74) is 1.75. The summed E-state index contributed by atoms with van der Waals surface area (Å²) in [6.45, 7) is 0. The molecule has 1 aromatic carbocycles. The van der Waals surface area contributed by atoms with Gasteiger partial charge in [0.1, 0.15) is 0 Å². The van der Waals surface area contributed by atoms with Crippen molar-refractivity contribution in [2.45, 2.75) is 0 Å². The first kappa shape index (κ1) is 10.4. The zero-order chi connectivity index (χ0) is 11.8. The highest BCUT2D eigenvalue weighted by atomic mass is 32.2. The summed E-state index contributed by atoms with van der Waals surface area (Å²) in [7, 11) is -2.19. The van der Waals surface area contributed by atoms with Gasteiger partial charge in [-0.05, 0) is 30.3 Å². The van der Waals surface area contributed by atoms with E-state index in [0.29, 0.717) is 4.51 Å². The lowest BCUT2D eigenvalue weighted by Gasteiger charge is -2.04. The van der Waals surface area contributed by atoms with Crippen LogP contribution >= 0.6 is 11.3 Å². The van der Waals surface area contributed by atoms with E-state index in [-0.39, 0.29) is 0 Å². The van der Waals surface area contributed by atoms with Crippen molar-refractivity contribution in [3.63, 3.8) is 0 Å². The molecule has 0 unspecified atom stereocenters. The standard InChI is InChI=1S/C12H7NO2S2/c14-17(15)8-5-6-10-12(7-8)16-11-4-2-1-3-9(11)13-10/h1-7H. The zero-order valence-electron chi connectivity index (χ0n) is 8.62. The minimum Gasteiger partial charge on any atom is -0.246 e. The van der Waals surface area contributed by atoms with E-state index in [1.807, 2.05) is 24.3 Å². The Hall–Kier alpha value is -1.72. The first-order valence-electron chi connectivity index (χ1n) is 4.96. The van der Waals surface area contributed by atoms with Gasteiger partial charge >= 0.3 is 0 Å². The molecule has 5 heteroatoms. The monoisotopic (exact) mass is 261 g/mol. The van der Waals surface area contributed by atoms with Crippen molar-refractivity contribution < 1.29 is 8.42 Å². The van der Waals surface area contributed by atoms with E-state index in [9.17, 15) is 8.42 Å². The maximum absolute atomic E-state index is 10.9. The van der Waals surface area contributed by atoms with Gasteiger partial charge in [0, 0.05) is 0 Å². The number of rotatable bonds is 0. The van der Waals surface area contributed by atoms with Crippen LogP contribution in [0.15, 0.2) is 42.5 Å². The van der Waals surface area contributed by atoms with Crippen molar-refractivity contribution in [2.75, 3.05) is 0 Å². The number of fused-ring (bicyclic) bond motifs is 2. The van der Waals surface area contributed by atoms with Crippen molar-refractivity contribution in [2.24, 2.45) is 0 Å². The molecule has 3 rings (SSSR count). The molecule has 1 aliphatic carbocycles. The average Bonchev–Trinajstić information content (AvgIpc) is 2.35. The van der Waals surface area contributed by atoms with E-state index >= 15 is 0 Å². The molecule has 84 valence electrons. The molecule has 0 saturated carbocycles. The van der Waals surface area contributed by atoms with E-state index in [1.165, 1.54) is 0 Å². The zero-order valence-corrected chi connectivity index (χ0v) is 10.3. The van der Waals surface area contributed by atoms with Crippen molar-refractivity contribution >= 4 is 31.8 Å². The summed E-state index contributed by atoms with van der Waals surface area (Å²) in [4.78, 5) is 5.37. The molecule has 2 aliphatic rings. The molecule has 0 fully saturated rings. The Morgan fingerprint density at radius 3 is 2.71 bits per heavy atom. The first-order chi connectivity index (χ1) is 8.24. The number of hydrogen-bond donors (Lipinski definition) is 0. The summed E-state index contributed by atoms with van der Waals surface area (Å²) < 4.78 is 23.1. The van der Waals surface area contributed by atoms with Crippen molar-refractivity contribution in [1.29, 1.82) is 0 Å². The molecule has 0 bridgehead atoms. The topological polar surface area (TPSA) is 47.0 Å². The molecule has 1 aromatic rings. The third-order valence-electron chi connectivity index (χ3n) is 2.45. The van der Waals surface area contributed by atoms with Gasteiger partial charge in [0.05, 0.1) is 25.3 Å². The van der Waals surface area contributed by atoms with Gasteiger partial charge in [-0.2, -0.15) is 8.42 Å². The summed E-state index contributed by atoms with van der Waals surface area (Å²) in [5.74, 6) is 0. The number of benzene rings is 2. The van der Waals surface area contributed by atoms with E-state index in [0.717, 1.165) is 20.8 Å². The van der Waals surface area contributed by atoms with Gasteiger partial charge in [-0.15, -0.1) is 11.3 Å². The molecule has 0 saturated heterocycles. The van der Waals surface area contributed by atoms with Gasteiger partial charge in [0.25, 0.3) is 0 Å². The molecule has 17 heavy (non-hydrogen) atoms. The Balaban J connectivity index is 2.50. The molecule has 0 aromatic heterocycles. The Labute approximate surface area is 103 Å². The fourth-order valence-corrected chi connectivity index (χ4v) is 3.13. The minimum absolute atomic E-state index is 0.297. The van der Waals surface area contributed by atoms with Crippen LogP contribution < -0.4 is 0 Å². The second-order valence-electron chi connectivity index (χ2n) is 3.55. The van der Waals surface area contributed by atoms with E-state index in [1.54, 1.807) is 29.5 Å². The van der Waals surface area contributed by atoms with E-state index in [4.69, 9.17) is 0 Å². The lowest BCUT2D eigenvalue weighted by molar-refractivity contribution is 0.625. The third kappa shape index (κ3) is 1.83. The van der Waals surface area contributed by atoms with E-state index < -0.39 is 10.3 Å². The largest absolute Gasteiger partial charge is 0.246 e. The van der Waals surface area contributed by atoms with Gasteiger partial charge in [0.2, 0.25) is 10.3 Å². The number of nitrogens with zero attached hydrogens (tertiary/aromatic N) is 1. The van der Waals surface area contributed by atoms with Crippen molar-refractivity contribution in [1.82, 2.24) is 4.98 Å². The lowest BCUT2D eigenvalue weighted by Crippen LogP contribution is -1.85. The van der Waals surface area contributed by atoms with Gasteiger partial charge in [-0.25, -0.2) is 4.98 Å². The van der Waals surface area contributed by atoms with Crippen LogP contribution in [-0.2, 0) is 10.3 Å². The highest BCUT2D eigenvalue weighted by Crippen LogP contribution is 2.30. The second-order valence-corrected chi connectivity index (χ2v) is 5.57. The van der Waals surface area contributed by atoms with Crippen LogP contribution in [0.4, 0.5) is 0 Å². The SMILES string of the molecule is O=S(=O)=c1ccc2nc3ccccc3sc-2c1. The molecule has 1 heterocycles. The van der Waals surface area contributed by atoms with Crippen LogP contribution in [0.5, 0.6) is 0 Å². The van der Waals surface area contributed by atoms with Gasteiger partial charge < -0.3 is 0 Å². The van der Waals surface area contributed by atoms with Crippen LogP contribution in [0.2, 0.25) is 0 Å². The van der Waals surface area contributed by atoms with Gasteiger partial charge in [-0.1, -0.05) is 12.1 Å². The highest BCUT2D eigenvalue weighted by Gasteiger charge is 2.06. The number of aromatic nitrogens is 1. The molecular formula is C12H7NO2S2. The van der Waals surface area contributed by atoms with E-state index in [2.05, 4.69) is 4.98 Å². The quantitative estimate of drug-likeness (QED) is 0.462. The Kier molecular flexibility index (Phi) is 2.42. The predicted octanol–water partition coefficient (Wildman–Crippen LogP) is 2.81. The normalized spacial score (nSPS) is 10.8. The lowest BCUT2D eigenvalue weighted by atomic mass is 10.2. The van der Waals surface area contributed by atoms with Crippen molar-refractivity contribution in [3.8, 4) is 10.6 Å². The Bertz CT molecular complexity index is 842. The second kappa shape index (κ2) is 3.94. The summed E-state index contributed by atoms with van der Waals surface area (Å²) in [6, 6.07) is 12.8. The smallest absolute Gasteiger partial charge is 0.221 e. The summed E-state index contributed by atoms with van der Waals surface area (Å²) in [5, 5.41) is 0. The van der Waals surface area contributed by atoms with Gasteiger partial charge in [0.15, 0.2) is 0 Å². The van der Waals surface area contributed by atoms with Crippen LogP contribution in [0.3, 0.4) is 0 Å². The van der Waals surface area contributed by atoms with Crippen molar-refractivity contribution in [3.05, 3.63) is 47.0 Å². The third-order valence-corrected chi connectivity index (χ3v) is 4.20. The molecule has 0 N–H and O–H groups in total. The van der Waals surface area contributed by atoms with Crippen LogP contribution in [-0.4, -0.2) is 13.4 Å². The maximum atomic E-state index is 10.9. The number of hydrogen-bond acceptors (Lipinski definition) is 4. The Morgan fingerprint density at radius 2 is 1.88 bits per heavy atom. The van der Waals surface area contributed by atoms with Gasteiger partial charge in [-0.3, -0.25) is 0 Å². The molecule has 0 spiro atoms. The molecule has 1 aliphatic heterocycles. The van der Waals surface area contributed by atoms with Crippen LogP contribution in [0.25, 0.3) is 20.8 Å². The molecule has 3 nitrogen and oxygen atoms in total. The predicted molar refractivity (Wildman–Crippen MR) is 68.4 cm³/mol. The minimum atomic E-state index is -2.19. The Morgan fingerprint density at radius 1 is 1.06 bits per heavy atom. The maximum Gasteiger partial charge on any atom is 0.221 e. The molecule has 0 radical (unpaired) electrons. The van der Waals surface area contributed by atoms with Crippen LogP contribution in [0, 0.1) is 4.51 Å². The van der Waals surface area contributed by atoms with Crippen LogP contribution in [0.1, 0.15) is 0 Å². The fourth-order valence-electron chi connectivity index (χ4n) is 1.66.